The molecule has 0 spiro atoms. The van der Waals surface area contributed by atoms with Crippen molar-refractivity contribution < 1.29 is 13.2 Å². The third-order valence-corrected chi connectivity index (χ3v) is 2.87. The quantitative estimate of drug-likeness (QED) is 0.614. The Morgan fingerprint density at radius 1 is 1.21 bits per heavy atom. The third kappa shape index (κ3) is 2.64. The maximum absolute atomic E-state index is 12.5. The highest BCUT2D eigenvalue weighted by Gasteiger charge is 2.36. The van der Waals surface area contributed by atoms with Crippen molar-refractivity contribution in [2.45, 2.75) is 9.91 Å². The molecule has 0 aromatic heterocycles. The van der Waals surface area contributed by atoms with Crippen molar-refractivity contribution in [2.24, 2.45) is 0 Å². The summed E-state index contributed by atoms with van der Waals surface area (Å²) in [6.07, 6.45) is -4.44. The average Bonchev–Trinajstić information content (AvgIpc) is 2.01. The first-order chi connectivity index (χ1) is 6.34. The summed E-state index contributed by atoms with van der Waals surface area (Å²) in [5, 5.41) is -0.293. The molecule has 0 N–H and O–H groups in total. The third-order valence-electron chi connectivity index (χ3n) is 1.56. The minimum Gasteiger partial charge on any atom is -0.166 e. The van der Waals surface area contributed by atoms with E-state index in [0.29, 0.717) is 0 Å². The zero-order valence-electron chi connectivity index (χ0n) is 6.58. The van der Waals surface area contributed by atoms with Gasteiger partial charge in [0.1, 0.15) is 0 Å². The summed E-state index contributed by atoms with van der Waals surface area (Å²) in [4.78, 5) is 0. The molecule has 0 amide bonds. The minimum atomic E-state index is -4.44. The molecule has 1 aromatic rings. The van der Waals surface area contributed by atoms with Crippen LogP contribution in [0.25, 0.3) is 0 Å². The highest BCUT2D eigenvalue weighted by Crippen LogP contribution is 2.43. The molecular weight excluding hydrogens is 348 g/mol. The second-order valence-corrected chi connectivity index (χ2v) is 5.97. The van der Waals surface area contributed by atoms with Crippen LogP contribution in [-0.2, 0) is 6.18 Å². The van der Waals surface area contributed by atoms with Crippen molar-refractivity contribution in [3.05, 3.63) is 34.3 Å². The topological polar surface area (TPSA) is 0 Å². The van der Waals surface area contributed by atoms with Crippen molar-refractivity contribution in [1.82, 2.24) is 0 Å². The first-order valence-electron chi connectivity index (χ1n) is 3.48. The van der Waals surface area contributed by atoms with Gasteiger partial charge in [0, 0.05) is 0 Å². The summed E-state index contributed by atoms with van der Waals surface area (Å²) in [6.45, 7) is 0. The summed E-state index contributed by atoms with van der Waals surface area (Å²) in [5.41, 5.74) is -0.731. The molecule has 14 heavy (non-hydrogen) atoms. The highest BCUT2D eigenvalue weighted by molar-refractivity contribution is 9.24. The molecular formula is C8H4Br2ClF3. The Hall–Kier alpha value is 0.260. The average molecular weight is 352 g/mol. The lowest BCUT2D eigenvalue weighted by Gasteiger charge is -2.14. The van der Waals surface area contributed by atoms with Gasteiger partial charge in [0.2, 0.25) is 0 Å². The van der Waals surface area contributed by atoms with Crippen LogP contribution in [0.1, 0.15) is 14.9 Å². The van der Waals surface area contributed by atoms with Gasteiger partial charge in [0.25, 0.3) is 0 Å². The van der Waals surface area contributed by atoms with Crippen molar-refractivity contribution in [2.75, 3.05) is 0 Å². The monoisotopic (exact) mass is 350 g/mol. The first kappa shape index (κ1) is 12.3. The van der Waals surface area contributed by atoms with Gasteiger partial charge in [-0.2, -0.15) is 13.2 Å². The molecule has 0 aliphatic carbocycles. The van der Waals surface area contributed by atoms with Gasteiger partial charge in [-0.3, -0.25) is 0 Å². The van der Waals surface area contributed by atoms with Gasteiger partial charge >= 0.3 is 6.18 Å². The van der Waals surface area contributed by atoms with Crippen molar-refractivity contribution >= 4 is 43.5 Å². The number of hydrogen-bond acceptors (Lipinski definition) is 0. The Bertz CT molecular complexity index is 336. The molecule has 0 atom stereocenters. The van der Waals surface area contributed by atoms with Crippen molar-refractivity contribution in [1.29, 1.82) is 0 Å². The van der Waals surface area contributed by atoms with E-state index in [1.807, 2.05) is 0 Å². The fourth-order valence-electron chi connectivity index (χ4n) is 1.02. The lowest BCUT2D eigenvalue weighted by atomic mass is 10.1. The van der Waals surface area contributed by atoms with Crippen molar-refractivity contribution in [3.63, 3.8) is 0 Å². The Labute approximate surface area is 101 Å². The van der Waals surface area contributed by atoms with Crippen LogP contribution in [0.2, 0.25) is 5.02 Å². The van der Waals surface area contributed by atoms with Gasteiger partial charge in [-0.05, 0) is 11.6 Å². The molecule has 0 heterocycles. The molecule has 0 radical (unpaired) electrons. The van der Waals surface area contributed by atoms with E-state index in [4.69, 9.17) is 11.6 Å². The maximum atomic E-state index is 12.5. The van der Waals surface area contributed by atoms with E-state index in [1.165, 1.54) is 18.2 Å². The van der Waals surface area contributed by atoms with E-state index in [-0.39, 0.29) is 10.6 Å². The Kier molecular flexibility index (Phi) is 3.88. The molecule has 6 heteroatoms. The fourth-order valence-corrected chi connectivity index (χ4v) is 2.07. The van der Waals surface area contributed by atoms with Crippen LogP contribution in [-0.4, -0.2) is 0 Å². The summed E-state index contributed by atoms with van der Waals surface area (Å²) in [7, 11) is 0. The smallest absolute Gasteiger partial charge is 0.166 e. The molecule has 0 unspecified atom stereocenters. The lowest BCUT2D eigenvalue weighted by Crippen LogP contribution is -2.09. The largest absolute Gasteiger partial charge is 0.418 e. The molecule has 0 fully saturated rings. The molecule has 0 saturated heterocycles. The van der Waals surface area contributed by atoms with Gasteiger partial charge in [-0.1, -0.05) is 55.6 Å². The number of rotatable bonds is 1. The van der Waals surface area contributed by atoms with E-state index < -0.39 is 15.5 Å². The zero-order chi connectivity index (χ0) is 10.9. The normalized spacial score (nSPS) is 12.2. The van der Waals surface area contributed by atoms with E-state index in [0.717, 1.165) is 0 Å². The van der Waals surface area contributed by atoms with Crippen LogP contribution in [0.3, 0.4) is 0 Å². The van der Waals surface area contributed by atoms with Gasteiger partial charge in [-0.15, -0.1) is 0 Å². The number of benzene rings is 1. The van der Waals surface area contributed by atoms with Gasteiger partial charge in [-0.25, -0.2) is 0 Å². The van der Waals surface area contributed by atoms with Crippen LogP contribution in [0.15, 0.2) is 18.2 Å². The SMILES string of the molecule is FC(F)(F)c1c(Cl)cccc1C(Br)Br. The van der Waals surface area contributed by atoms with Crippen molar-refractivity contribution in [3.8, 4) is 0 Å². The number of halogens is 6. The predicted octanol–water partition coefficient (Wildman–Crippen LogP) is 5.15. The first-order valence-corrected chi connectivity index (χ1v) is 5.68. The van der Waals surface area contributed by atoms with E-state index in [9.17, 15) is 13.2 Å². The zero-order valence-corrected chi connectivity index (χ0v) is 10.5. The van der Waals surface area contributed by atoms with Crippen LogP contribution in [0.5, 0.6) is 0 Å². The van der Waals surface area contributed by atoms with E-state index in [1.54, 1.807) is 0 Å². The molecule has 1 aromatic carbocycles. The summed E-state index contributed by atoms with van der Waals surface area (Å²) >= 11 is 11.5. The molecule has 0 aliphatic rings. The molecule has 0 bridgehead atoms. The standard InChI is InChI=1S/C8H4Br2ClF3/c9-7(10)4-2-1-3-5(11)6(4)8(12,13)14/h1-3,7H. The second kappa shape index (κ2) is 4.41. The summed E-state index contributed by atoms with van der Waals surface area (Å²) < 4.78 is 37.1. The lowest BCUT2D eigenvalue weighted by molar-refractivity contribution is -0.138. The summed E-state index contributed by atoms with van der Waals surface area (Å²) in [5.74, 6) is 0. The molecule has 0 nitrogen and oxygen atoms in total. The molecule has 0 aliphatic heterocycles. The molecule has 1 rings (SSSR count). The van der Waals surface area contributed by atoms with Crippen LogP contribution >= 0.6 is 43.5 Å². The Morgan fingerprint density at radius 3 is 2.14 bits per heavy atom. The van der Waals surface area contributed by atoms with Gasteiger partial charge in [0.15, 0.2) is 0 Å². The van der Waals surface area contributed by atoms with Gasteiger partial charge in [0.05, 0.1) is 14.3 Å². The summed E-state index contributed by atoms with van der Waals surface area (Å²) in [6, 6.07) is 4.06. The number of hydrogen-bond donors (Lipinski definition) is 0. The van der Waals surface area contributed by atoms with Crippen LogP contribution in [0, 0.1) is 0 Å². The predicted molar refractivity (Wildman–Crippen MR) is 57.0 cm³/mol. The highest BCUT2D eigenvalue weighted by atomic mass is 79.9. The van der Waals surface area contributed by atoms with Crippen LogP contribution in [0.4, 0.5) is 13.2 Å². The molecule has 78 valence electrons. The van der Waals surface area contributed by atoms with Gasteiger partial charge < -0.3 is 0 Å². The second-order valence-electron chi connectivity index (χ2n) is 2.50. The molecule has 0 saturated carbocycles. The fraction of sp³-hybridized carbons (Fsp3) is 0.250. The van der Waals surface area contributed by atoms with Crippen LogP contribution < -0.4 is 0 Å². The van der Waals surface area contributed by atoms with E-state index in [2.05, 4.69) is 31.9 Å². The maximum Gasteiger partial charge on any atom is 0.418 e. The minimum absolute atomic E-state index is 0.0741. The number of alkyl halides is 5. The Balaban J connectivity index is 3.38. The Morgan fingerprint density at radius 2 is 1.79 bits per heavy atom. The van der Waals surface area contributed by atoms with E-state index >= 15 is 0 Å².